The Bertz CT molecular complexity index is 1430. The van der Waals surface area contributed by atoms with Crippen molar-refractivity contribution in [1.29, 1.82) is 0 Å². The molecule has 0 radical (unpaired) electrons. The van der Waals surface area contributed by atoms with Crippen LogP contribution in [0.3, 0.4) is 0 Å². The van der Waals surface area contributed by atoms with E-state index in [0.717, 1.165) is 11.1 Å². The van der Waals surface area contributed by atoms with Gasteiger partial charge in [-0.2, -0.15) is 4.98 Å². The van der Waals surface area contributed by atoms with Crippen molar-refractivity contribution in [2.45, 2.75) is 13.2 Å². The van der Waals surface area contributed by atoms with Gasteiger partial charge in [0.15, 0.2) is 0 Å². The number of benzene rings is 3. The van der Waals surface area contributed by atoms with Crippen LogP contribution in [-0.2, 0) is 13.2 Å². The number of nitrogens with zero attached hydrogens (tertiary/aromatic N) is 2. The Kier molecular flexibility index (Phi) is 6.49. The number of fused-ring (bicyclic) bond motifs is 1. The minimum Gasteiger partial charge on any atom is -0.473 e. The van der Waals surface area contributed by atoms with Gasteiger partial charge in [-0.25, -0.2) is 4.39 Å². The largest absolute Gasteiger partial charge is 0.473 e. The normalized spacial score (nSPS) is 10.9. The lowest BCUT2D eigenvalue weighted by atomic mass is 10.1. The Morgan fingerprint density at radius 1 is 0.765 bits per heavy atom. The van der Waals surface area contributed by atoms with Crippen LogP contribution in [-0.4, -0.2) is 9.97 Å². The van der Waals surface area contributed by atoms with Crippen molar-refractivity contribution in [2.24, 2.45) is 0 Å². The van der Waals surface area contributed by atoms with Gasteiger partial charge in [0.2, 0.25) is 11.8 Å². The van der Waals surface area contributed by atoms with E-state index in [1.54, 1.807) is 30.5 Å². The van der Waals surface area contributed by atoms with E-state index >= 15 is 0 Å². The molecule has 0 N–H and O–H groups in total. The monoisotopic (exact) mass is 514 g/mol. The van der Waals surface area contributed by atoms with Crippen molar-refractivity contribution in [2.75, 3.05) is 0 Å². The number of aromatic nitrogens is 2. The maximum atomic E-state index is 14.7. The molecule has 6 heteroatoms. The van der Waals surface area contributed by atoms with Gasteiger partial charge in [-0.05, 0) is 51.3 Å². The molecular formula is C28H20BrFN2O2. The lowest BCUT2D eigenvalue weighted by Gasteiger charge is -2.14. The number of halogens is 2. The molecule has 0 saturated heterocycles. The quantitative estimate of drug-likeness (QED) is 0.227. The van der Waals surface area contributed by atoms with E-state index in [-0.39, 0.29) is 5.82 Å². The Balaban J connectivity index is 1.49. The smallest absolute Gasteiger partial charge is 0.225 e. The fourth-order valence-corrected chi connectivity index (χ4v) is 3.92. The topological polar surface area (TPSA) is 44.2 Å². The van der Waals surface area contributed by atoms with Gasteiger partial charge in [0.05, 0.1) is 9.99 Å². The van der Waals surface area contributed by atoms with Crippen LogP contribution in [0, 0.1) is 5.82 Å². The summed E-state index contributed by atoms with van der Waals surface area (Å²) in [4.78, 5) is 9.07. The van der Waals surface area contributed by atoms with Crippen LogP contribution >= 0.6 is 15.9 Å². The van der Waals surface area contributed by atoms with Gasteiger partial charge in [0.25, 0.3) is 0 Å². The fourth-order valence-electron chi connectivity index (χ4n) is 3.58. The molecule has 0 unspecified atom stereocenters. The van der Waals surface area contributed by atoms with E-state index < -0.39 is 0 Å². The first kappa shape index (κ1) is 22.0. The number of rotatable bonds is 7. The van der Waals surface area contributed by atoms with Crippen molar-refractivity contribution in [1.82, 2.24) is 9.97 Å². The molecule has 2 heterocycles. The maximum absolute atomic E-state index is 14.7. The molecule has 0 bridgehead atoms. The first-order valence-electron chi connectivity index (χ1n) is 10.8. The number of hydrogen-bond donors (Lipinski definition) is 0. The van der Waals surface area contributed by atoms with Gasteiger partial charge in [0.1, 0.15) is 19.0 Å². The second-order valence-corrected chi connectivity index (χ2v) is 8.56. The number of pyridine rings is 2. The summed E-state index contributed by atoms with van der Waals surface area (Å²) in [5.41, 5.74) is 4.04. The lowest BCUT2D eigenvalue weighted by Crippen LogP contribution is -2.02. The first-order chi connectivity index (χ1) is 16.7. The third-order valence-electron chi connectivity index (χ3n) is 5.35. The first-order valence-corrected chi connectivity index (χ1v) is 11.6. The summed E-state index contributed by atoms with van der Waals surface area (Å²) in [5, 5.41) is 0.422. The molecule has 5 aromatic rings. The molecule has 0 aliphatic rings. The highest BCUT2D eigenvalue weighted by Crippen LogP contribution is 2.34. The Labute approximate surface area is 205 Å². The van der Waals surface area contributed by atoms with Gasteiger partial charge < -0.3 is 9.47 Å². The molecule has 4 nitrogen and oxygen atoms in total. The highest BCUT2D eigenvalue weighted by atomic mass is 79.9. The molecule has 0 fully saturated rings. The molecule has 0 amide bonds. The number of hydrogen-bond acceptors (Lipinski definition) is 4. The maximum Gasteiger partial charge on any atom is 0.225 e. The van der Waals surface area contributed by atoms with Crippen LogP contribution in [0.25, 0.3) is 22.0 Å². The van der Waals surface area contributed by atoms with Crippen molar-refractivity contribution in [3.8, 4) is 22.9 Å². The third kappa shape index (κ3) is 4.92. The molecule has 168 valence electrons. The molecule has 0 aliphatic heterocycles. The lowest BCUT2D eigenvalue weighted by molar-refractivity contribution is 0.268. The summed E-state index contributed by atoms with van der Waals surface area (Å²) < 4.78 is 27.1. The second-order valence-electron chi connectivity index (χ2n) is 7.70. The van der Waals surface area contributed by atoms with Gasteiger partial charge in [0, 0.05) is 28.8 Å². The van der Waals surface area contributed by atoms with Gasteiger partial charge >= 0.3 is 0 Å². The minimum absolute atomic E-state index is 0.337. The molecule has 3 aromatic carbocycles. The SMILES string of the molecule is Fc1c(Br)ccc2ncc(-c3ccc(OCc4ccccc4)nc3OCc3ccccc3)cc12. The highest BCUT2D eigenvalue weighted by molar-refractivity contribution is 9.10. The summed E-state index contributed by atoms with van der Waals surface area (Å²) in [7, 11) is 0. The zero-order valence-electron chi connectivity index (χ0n) is 18.1. The summed E-state index contributed by atoms with van der Waals surface area (Å²) >= 11 is 3.25. The van der Waals surface area contributed by atoms with Crippen LogP contribution in [0.5, 0.6) is 11.8 Å². The molecule has 0 aliphatic carbocycles. The van der Waals surface area contributed by atoms with E-state index in [4.69, 9.17) is 9.47 Å². The van der Waals surface area contributed by atoms with E-state index in [1.165, 1.54) is 0 Å². The van der Waals surface area contributed by atoms with Crippen LogP contribution in [0.4, 0.5) is 4.39 Å². The molecule has 5 rings (SSSR count). The third-order valence-corrected chi connectivity index (χ3v) is 5.96. The predicted octanol–water partition coefficient (Wildman–Crippen LogP) is 7.36. The van der Waals surface area contributed by atoms with Crippen molar-refractivity contribution >= 4 is 26.8 Å². The van der Waals surface area contributed by atoms with E-state index in [1.807, 2.05) is 66.7 Å². The standard InChI is InChI=1S/C28H20BrFN2O2/c29-24-12-13-25-23(27(24)30)15-21(16-31-25)22-11-14-26(33-17-19-7-3-1-4-8-19)32-28(22)34-18-20-9-5-2-6-10-20/h1-16H,17-18H2. The van der Waals surface area contributed by atoms with E-state index in [9.17, 15) is 4.39 Å². The van der Waals surface area contributed by atoms with Crippen molar-refractivity contribution in [3.05, 3.63) is 119 Å². The Morgan fingerprint density at radius 3 is 2.15 bits per heavy atom. The van der Waals surface area contributed by atoms with Crippen LogP contribution in [0.2, 0.25) is 0 Å². The molecule has 34 heavy (non-hydrogen) atoms. The van der Waals surface area contributed by atoms with Crippen LogP contribution < -0.4 is 9.47 Å². The van der Waals surface area contributed by atoms with Gasteiger partial charge in [-0.3, -0.25) is 4.98 Å². The minimum atomic E-state index is -0.352. The molecule has 0 atom stereocenters. The van der Waals surface area contributed by atoms with Crippen LogP contribution in [0.1, 0.15) is 11.1 Å². The highest BCUT2D eigenvalue weighted by Gasteiger charge is 2.14. The molecule has 0 spiro atoms. The molecule has 2 aromatic heterocycles. The second kappa shape index (κ2) is 10.0. The Morgan fingerprint density at radius 2 is 1.44 bits per heavy atom. The summed E-state index contributed by atoms with van der Waals surface area (Å²) in [6.07, 6.45) is 1.70. The van der Waals surface area contributed by atoms with E-state index in [0.29, 0.717) is 51.5 Å². The van der Waals surface area contributed by atoms with Gasteiger partial charge in [-0.1, -0.05) is 60.7 Å². The summed E-state index contributed by atoms with van der Waals surface area (Å²) in [5.74, 6) is 0.485. The Hall–Kier alpha value is -3.77. The number of ether oxygens (including phenoxy) is 2. The summed E-state index contributed by atoms with van der Waals surface area (Å²) in [6, 6.07) is 28.6. The van der Waals surface area contributed by atoms with Gasteiger partial charge in [-0.15, -0.1) is 0 Å². The van der Waals surface area contributed by atoms with Crippen molar-refractivity contribution in [3.63, 3.8) is 0 Å². The zero-order valence-corrected chi connectivity index (χ0v) is 19.7. The van der Waals surface area contributed by atoms with Crippen molar-refractivity contribution < 1.29 is 13.9 Å². The van der Waals surface area contributed by atoms with Crippen LogP contribution in [0.15, 0.2) is 102 Å². The van der Waals surface area contributed by atoms with E-state index in [2.05, 4.69) is 25.9 Å². The zero-order chi connectivity index (χ0) is 23.3. The average molecular weight is 515 g/mol. The average Bonchev–Trinajstić information content (AvgIpc) is 2.89. The predicted molar refractivity (Wildman–Crippen MR) is 134 cm³/mol. The molecular weight excluding hydrogens is 495 g/mol. The fraction of sp³-hybridized carbons (Fsp3) is 0.0714. The summed E-state index contributed by atoms with van der Waals surface area (Å²) in [6.45, 7) is 0.728. The molecule has 0 saturated carbocycles.